The molecule has 0 spiro atoms. The Morgan fingerprint density at radius 1 is 1.00 bits per heavy atom. The predicted octanol–water partition coefficient (Wildman–Crippen LogP) is 3.91. The highest BCUT2D eigenvalue weighted by Gasteiger charge is 2.34. The number of hydrogen-bond donors (Lipinski definition) is 0. The molecule has 0 unspecified atom stereocenters. The maximum absolute atomic E-state index is 13.2. The molecule has 136 valence electrons. The summed E-state index contributed by atoms with van der Waals surface area (Å²) in [7, 11) is 1.62. The van der Waals surface area contributed by atoms with Gasteiger partial charge in [0.1, 0.15) is 5.75 Å². The van der Waals surface area contributed by atoms with Gasteiger partial charge in [-0.2, -0.15) is 18.4 Å². The van der Waals surface area contributed by atoms with Crippen LogP contribution in [-0.2, 0) is 6.18 Å². The summed E-state index contributed by atoms with van der Waals surface area (Å²) in [6, 6.07) is 13.2. The summed E-state index contributed by atoms with van der Waals surface area (Å²) in [5.41, 5.74) is 0.222. The molecule has 0 bridgehead atoms. The van der Waals surface area contributed by atoms with Crippen LogP contribution in [0.25, 0.3) is 0 Å². The molecule has 1 heterocycles. The molecule has 3 rings (SSSR count). The van der Waals surface area contributed by atoms with E-state index in [1.54, 1.807) is 19.2 Å². The highest BCUT2D eigenvalue weighted by atomic mass is 19.4. The molecule has 7 heteroatoms. The van der Waals surface area contributed by atoms with Gasteiger partial charge in [-0.05, 0) is 30.3 Å². The van der Waals surface area contributed by atoms with Crippen molar-refractivity contribution in [3.8, 4) is 11.8 Å². The van der Waals surface area contributed by atoms with Gasteiger partial charge >= 0.3 is 6.18 Å². The molecule has 0 amide bonds. The second kappa shape index (κ2) is 7.16. The van der Waals surface area contributed by atoms with E-state index in [2.05, 4.69) is 4.90 Å². The number of rotatable bonds is 3. The topological polar surface area (TPSA) is 39.5 Å². The van der Waals surface area contributed by atoms with Crippen LogP contribution in [0.2, 0.25) is 0 Å². The minimum absolute atomic E-state index is 0.353. The zero-order chi connectivity index (χ0) is 18.7. The number of methoxy groups -OCH3 is 1. The van der Waals surface area contributed by atoms with Crippen molar-refractivity contribution in [2.45, 2.75) is 6.18 Å². The van der Waals surface area contributed by atoms with Crippen LogP contribution in [0.15, 0.2) is 42.5 Å². The van der Waals surface area contributed by atoms with E-state index < -0.39 is 11.7 Å². The number of nitriles is 1. The Kier molecular flexibility index (Phi) is 4.94. The number of para-hydroxylation sites is 2. The summed E-state index contributed by atoms with van der Waals surface area (Å²) < 4.78 is 44.9. The van der Waals surface area contributed by atoms with Crippen molar-refractivity contribution in [1.29, 1.82) is 5.26 Å². The fourth-order valence-corrected chi connectivity index (χ4v) is 3.16. The molecule has 1 aliphatic rings. The van der Waals surface area contributed by atoms with E-state index in [0.717, 1.165) is 17.5 Å². The van der Waals surface area contributed by atoms with Gasteiger partial charge in [0.15, 0.2) is 0 Å². The minimum Gasteiger partial charge on any atom is -0.495 e. The van der Waals surface area contributed by atoms with Crippen molar-refractivity contribution in [2.24, 2.45) is 0 Å². The smallest absolute Gasteiger partial charge is 0.417 e. The molecule has 0 saturated carbocycles. The second-order valence-electron chi connectivity index (χ2n) is 5.99. The van der Waals surface area contributed by atoms with Crippen molar-refractivity contribution in [1.82, 2.24) is 0 Å². The SMILES string of the molecule is COc1ccccc1N1CCN(c2ccc(C#N)c(C(F)(F)F)c2)CC1. The Morgan fingerprint density at radius 2 is 1.65 bits per heavy atom. The van der Waals surface area contributed by atoms with E-state index in [0.29, 0.717) is 31.9 Å². The lowest BCUT2D eigenvalue weighted by Crippen LogP contribution is -2.46. The maximum Gasteiger partial charge on any atom is 0.417 e. The lowest BCUT2D eigenvalue weighted by atomic mass is 10.1. The van der Waals surface area contributed by atoms with Crippen LogP contribution >= 0.6 is 0 Å². The first kappa shape index (κ1) is 17.9. The summed E-state index contributed by atoms with van der Waals surface area (Å²) in [6.45, 7) is 2.51. The maximum atomic E-state index is 13.2. The molecule has 2 aromatic carbocycles. The molecule has 26 heavy (non-hydrogen) atoms. The van der Waals surface area contributed by atoms with Crippen molar-refractivity contribution < 1.29 is 17.9 Å². The number of halogens is 3. The summed E-state index contributed by atoms with van der Waals surface area (Å²) in [6.07, 6.45) is -4.54. The summed E-state index contributed by atoms with van der Waals surface area (Å²) >= 11 is 0. The van der Waals surface area contributed by atoms with E-state index in [1.165, 1.54) is 6.07 Å². The number of benzene rings is 2. The molecule has 0 N–H and O–H groups in total. The van der Waals surface area contributed by atoms with E-state index in [-0.39, 0.29) is 5.56 Å². The fraction of sp³-hybridized carbons (Fsp3) is 0.316. The molecular weight excluding hydrogens is 343 g/mol. The zero-order valence-electron chi connectivity index (χ0n) is 14.3. The largest absolute Gasteiger partial charge is 0.495 e. The van der Waals surface area contributed by atoms with E-state index >= 15 is 0 Å². The van der Waals surface area contributed by atoms with Gasteiger partial charge in [-0.1, -0.05) is 12.1 Å². The van der Waals surface area contributed by atoms with Gasteiger partial charge in [-0.15, -0.1) is 0 Å². The number of ether oxygens (including phenoxy) is 1. The number of hydrogen-bond acceptors (Lipinski definition) is 4. The van der Waals surface area contributed by atoms with Gasteiger partial charge in [0, 0.05) is 31.9 Å². The average molecular weight is 361 g/mol. The summed E-state index contributed by atoms with van der Waals surface area (Å²) in [5.74, 6) is 0.777. The second-order valence-corrected chi connectivity index (χ2v) is 5.99. The number of alkyl halides is 3. The van der Waals surface area contributed by atoms with E-state index in [4.69, 9.17) is 10.00 Å². The molecule has 0 atom stereocenters. The van der Waals surface area contributed by atoms with E-state index in [1.807, 2.05) is 29.2 Å². The Hall–Kier alpha value is -2.88. The van der Waals surface area contributed by atoms with Crippen molar-refractivity contribution >= 4 is 11.4 Å². The predicted molar refractivity (Wildman–Crippen MR) is 93.6 cm³/mol. The molecule has 1 saturated heterocycles. The third-order valence-corrected chi connectivity index (χ3v) is 4.50. The number of piperazine rings is 1. The van der Waals surface area contributed by atoms with Crippen LogP contribution in [0.3, 0.4) is 0 Å². The van der Waals surface area contributed by atoms with Gasteiger partial charge in [-0.25, -0.2) is 0 Å². The first-order valence-electron chi connectivity index (χ1n) is 8.18. The number of anilines is 2. The van der Waals surface area contributed by atoms with Crippen LogP contribution in [0.1, 0.15) is 11.1 Å². The highest BCUT2D eigenvalue weighted by molar-refractivity contribution is 5.60. The molecular formula is C19H18F3N3O. The Labute approximate surface area is 150 Å². The van der Waals surface area contributed by atoms with Crippen LogP contribution in [-0.4, -0.2) is 33.3 Å². The third-order valence-electron chi connectivity index (χ3n) is 4.50. The summed E-state index contributed by atoms with van der Waals surface area (Å²) in [4.78, 5) is 4.06. The lowest BCUT2D eigenvalue weighted by Gasteiger charge is -2.38. The zero-order valence-corrected chi connectivity index (χ0v) is 14.3. The van der Waals surface area contributed by atoms with Gasteiger partial charge in [0.2, 0.25) is 0 Å². The first-order valence-corrected chi connectivity index (χ1v) is 8.18. The van der Waals surface area contributed by atoms with Crippen LogP contribution < -0.4 is 14.5 Å². The molecule has 1 fully saturated rings. The normalized spacial score (nSPS) is 14.9. The van der Waals surface area contributed by atoms with Crippen molar-refractivity contribution in [2.75, 3.05) is 43.1 Å². The fourth-order valence-electron chi connectivity index (χ4n) is 3.16. The molecule has 0 aliphatic carbocycles. The minimum atomic E-state index is -4.54. The quantitative estimate of drug-likeness (QED) is 0.831. The summed E-state index contributed by atoms with van der Waals surface area (Å²) in [5, 5.41) is 8.91. The molecule has 0 aromatic heterocycles. The molecule has 1 aliphatic heterocycles. The molecule has 0 radical (unpaired) electrons. The van der Waals surface area contributed by atoms with Crippen molar-refractivity contribution in [3.63, 3.8) is 0 Å². The van der Waals surface area contributed by atoms with Crippen LogP contribution in [0.5, 0.6) is 5.75 Å². The van der Waals surface area contributed by atoms with Gasteiger partial charge < -0.3 is 14.5 Å². The Morgan fingerprint density at radius 3 is 2.27 bits per heavy atom. The highest BCUT2D eigenvalue weighted by Crippen LogP contribution is 2.35. The molecule has 2 aromatic rings. The Bertz CT molecular complexity index is 822. The average Bonchev–Trinajstić information content (AvgIpc) is 2.67. The monoisotopic (exact) mass is 361 g/mol. The third kappa shape index (κ3) is 3.54. The van der Waals surface area contributed by atoms with Crippen molar-refractivity contribution in [3.05, 3.63) is 53.6 Å². The lowest BCUT2D eigenvalue weighted by molar-refractivity contribution is -0.137. The first-order chi connectivity index (χ1) is 12.4. The number of nitrogens with zero attached hydrogens (tertiary/aromatic N) is 3. The standard InChI is InChI=1S/C19H18F3N3O/c1-26-18-5-3-2-4-17(18)25-10-8-24(9-11-25)15-7-6-14(13-23)16(12-15)19(20,21)22/h2-7,12H,8-11H2,1H3. The van der Waals surface area contributed by atoms with Gasteiger partial charge in [0.25, 0.3) is 0 Å². The van der Waals surface area contributed by atoms with Gasteiger partial charge in [-0.3, -0.25) is 0 Å². The van der Waals surface area contributed by atoms with E-state index in [9.17, 15) is 13.2 Å². The Balaban J connectivity index is 1.77. The molecule has 4 nitrogen and oxygen atoms in total. The van der Waals surface area contributed by atoms with Crippen LogP contribution in [0.4, 0.5) is 24.5 Å². The van der Waals surface area contributed by atoms with Gasteiger partial charge in [0.05, 0.1) is 30.0 Å². The van der Waals surface area contributed by atoms with Crippen LogP contribution in [0, 0.1) is 11.3 Å².